The zero-order valence-corrected chi connectivity index (χ0v) is 8.90. The fourth-order valence-corrected chi connectivity index (χ4v) is 1.31. The average molecular weight is 295 g/mol. The number of nitrogens with zero attached hydrogens (tertiary/aromatic N) is 1. The number of hydrogen-bond donors (Lipinski definition) is 0. The summed E-state index contributed by atoms with van der Waals surface area (Å²) in [6.07, 6.45) is -4.21. The molecular formula is C7H3F6NO3S. The predicted molar refractivity (Wildman–Crippen MR) is 44.8 cm³/mol. The maximum Gasteiger partial charge on any atom is 0.534 e. The monoisotopic (exact) mass is 295 g/mol. The van der Waals surface area contributed by atoms with Crippen LogP contribution in [0, 0.1) is 0 Å². The zero-order chi connectivity index (χ0) is 14.2. The molecule has 0 amide bonds. The second-order valence-corrected chi connectivity index (χ2v) is 4.39. The molecule has 11 heteroatoms. The van der Waals surface area contributed by atoms with E-state index in [-0.39, 0.29) is 6.20 Å². The second kappa shape index (κ2) is 4.30. The highest BCUT2D eigenvalue weighted by Gasteiger charge is 2.49. The van der Waals surface area contributed by atoms with Crippen LogP contribution in [0.5, 0.6) is 5.75 Å². The molecule has 0 saturated heterocycles. The lowest BCUT2D eigenvalue weighted by atomic mass is 10.2. The smallest absolute Gasteiger partial charge is 0.374 e. The van der Waals surface area contributed by atoms with Crippen molar-refractivity contribution in [3.63, 3.8) is 0 Å². The lowest BCUT2D eigenvalue weighted by Gasteiger charge is -2.13. The fourth-order valence-electron chi connectivity index (χ4n) is 0.846. The first-order valence-corrected chi connectivity index (χ1v) is 5.38. The number of alkyl halides is 6. The largest absolute Gasteiger partial charge is 0.534 e. The van der Waals surface area contributed by atoms with Crippen molar-refractivity contribution in [1.29, 1.82) is 0 Å². The fraction of sp³-hybridized carbons (Fsp3) is 0.286. The average Bonchev–Trinajstić information content (AvgIpc) is 2.14. The summed E-state index contributed by atoms with van der Waals surface area (Å²) in [4.78, 5) is 3.07. The summed E-state index contributed by atoms with van der Waals surface area (Å²) in [6.45, 7) is 0. The highest BCUT2D eigenvalue weighted by Crippen LogP contribution is 2.37. The first-order chi connectivity index (χ1) is 7.95. The van der Waals surface area contributed by atoms with E-state index in [9.17, 15) is 34.8 Å². The van der Waals surface area contributed by atoms with E-state index in [1.54, 1.807) is 0 Å². The van der Waals surface area contributed by atoms with E-state index in [0.717, 1.165) is 0 Å². The molecule has 0 atom stereocenters. The molecule has 1 heterocycles. The molecule has 1 aromatic heterocycles. The van der Waals surface area contributed by atoms with Gasteiger partial charge < -0.3 is 4.18 Å². The van der Waals surface area contributed by atoms with Gasteiger partial charge in [-0.25, -0.2) is 0 Å². The van der Waals surface area contributed by atoms with Crippen LogP contribution in [-0.2, 0) is 16.3 Å². The molecule has 0 saturated carbocycles. The molecule has 18 heavy (non-hydrogen) atoms. The van der Waals surface area contributed by atoms with Gasteiger partial charge in [-0.1, -0.05) is 0 Å². The normalized spacial score (nSPS) is 13.4. The summed E-state index contributed by atoms with van der Waals surface area (Å²) >= 11 is 0. The lowest BCUT2D eigenvalue weighted by molar-refractivity contribution is -0.138. The van der Waals surface area contributed by atoms with Gasteiger partial charge in [0.1, 0.15) is 5.56 Å². The van der Waals surface area contributed by atoms with Gasteiger partial charge in [0.2, 0.25) is 0 Å². The summed E-state index contributed by atoms with van der Waals surface area (Å²) in [7, 11) is -6.17. The topological polar surface area (TPSA) is 56.3 Å². The third-order valence-corrected chi connectivity index (χ3v) is 2.54. The Hall–Kier alpha value is -1.52. The van der Waals surface area contributed by atoms with Crippen molar-refractivity contribution >= 4 is 10.1 Å². The van der Waals surface area contributed by atoms with Crippen molar-refractivity contribution in [3.8, 4) is 5.75 Å². The Morgan fingerprint density at radius 2 is 1.67 bits per heavy atom. The van der Waals surface area contributed by atoms with Gasteiger partial charge in [0.05, 0.1) is 6.20 Å². The molecule has 0 aliphatic heterocycles. The minimum atomic E-state index is -6.17. The maximum atomic E-state index is 12.3. The molecule has 4 nitrogen and oxygen atoms in total. The Morgan fingerprint density at radius 3 is 2.11 bits per heavy atom. The standard InChI is InChI=1S/C7H3F6NO3S/c8-6(9,10)4-1-2-14-3-5(4)17-18(15,16)7(11,12)13/h1-3H. The van der Waals surface area contributed by atoms with Crippen LogP contribution in [0.25, 0.3) is 0 Å². The Morgan fingerprint density at radius 1 is 1.11 bits per heavy atom. The minimum absolute atomic E-state index is 0.228. The van der Waals surface area contributed by atoms with Crippen LogP contribution in [0.3, 0.4) is 0 Å². The quantitative estimate of drug-likeness (QED) is 0.477. The third-order valence-electron chi connectivity index (χ3n) is 1.57. The molecular weight excluding hydrogens is 292 g/mol. The van der Waals surface area contributed by atoms with E-state index < -0.39 is 33.1 Å². The van der Waals surface area contributed by atoms with Gasteiger partial charge in [-0.2, -0.15) is 34.8 Å². The number of hydrogen-bond acceptors (Lipinski definition) is 4. The minimum Gasteiger partial charge on any atom is -0.374 e. The first kappa shape index (κ1) is 14.5. The van der Waals surface area contributed by atoms with E-state index in [4.69, 9.17) is 0 Å². The molecule has 1 aromatic rings. The number of rotatable bonds is 2. The summed E-state index contributed by atoms with van der Waals surface area (Å²) < 4.78 is 97.3. The Balaban J connectivity index is 3.22. The van der Waals surface area contributed by atoms with Crippen LogP contribution in [0.4, 0.5) is 26.3 Å². The third kappa shape index (κ3) is 3.03. The summed E-state index contributed by atoms with van der Waals surface area (Å²) in [6, 6.07) is 0.293. The Kier molecular flexibility index (Phi) is 3.47. The maximum absolute atomic E-state index is 12.3. The van der Waals surface area contributed by atoms with Crippen molar-refractivity contribution in [2.75, 3.05) is 0 Å². The van der Waals surface area contributed by atoms with E-state index in [1.807, 2.05) is 0 Å². The molecule has 0 bridgehead atoms. The predicted octanol–water partition coefficient (Wildman–Crippen LogP) is 2.33. The number of pyridine rings is 1. The highest BCUT2D eigenvalue weighted by molar-refractivity contribution is 7.88. The van der Waals surface area contributed by atoms with E-state index in [1.165, 1.54) is 0 Å². The molecule has 0 aromatic carbocycles. The van der Waals surface area contributed by atoms with Crippen LogP contribution in [0.2, 0.25) is 0 Å². The van der Waals surface area contributed by atoms with Crippen LogP contribution >= 0.6 is 0 Å². The van der Waals surface area contributed by atoms with Crippen LogP contribution in [-0.4, -0.2) is 18.9 Å². The van der Waals surface area contributed by atoms with E-state index in [2.05, 4.69) is 9.17 Å². The van der Waals surface area contributed by atoms with Crippen molar-refractivity contribution in [1.82, 2.24) is 4.98 Å². The van der Waals surface area contributed by atoms with Crippen molar-refractivity contribution < 1.29 is 38.9 Å². The molecule has 102 valence electrons. The van der Waals surface area contributed by atoms with Gasteiger partial charge in [-0.3, -0.25) is 4.98 Å². The van der Waals surface area contributed by atoms with Gasteiger partial charge in [-0.15, -0.1) is 0 Å². The van der Waals surface area contributed by atoms with Crippen molar-refractivity contribution in [2.24, 2.45) is 0 Å². The van der Waals surface area contributed by atoms with Gasteiger partial charge in [0.25, 0.3) is 0 Å². The molecule has 0 unspecified atom stereocenters. The van der Waals surface area contributed by atoms with Crippen LogP contribution < -0.4 is 4.18 Å². The lowest BCUT2D eigenvalue weighted by Crippen LogP contribution is -2.29. The molecule has 0 N–H and O–H groups in total. The van der Waals surface area contributed by atoms with Crippen LogP contribution in [0.15, 0.2) is 18.5 Å². The zero-order valence-electron chi connectivity index (χ0n) is 8.08. The molecule has 0 fully saturated rings. The van der Waals surface area contributed by atoms with Gasteiger partial charge in [0, 0.05) is 6.20 Å². The van der Waals surface area contributed by atoms with Gasteiger partial charge in [-0.05, 0) is 6.07 Å². The van der Waals surface area contributed by atoms with Gasteiger partial charge >= 0.3 is 21.8 Å². The SMILES string of the molecule is O=S(=O)(Oc1cnccc1C(F)(F)F)C(F)(F)F. The Bertz CT molecular complexity index is 535. The molecule has 1 rings (SSSR count). The summed E-state index contributed by atoms with van der Waals surface area (Å²) in [5.41, 5.74) is -7.50. The summed E-state index contributed by atoms with van der Waals surface area (Å²) in [5, 5.41) is 0. The van der Waals surface area contributed by atoms with E-state index in [0.29, 0.717) is 12.3 Å². The number of aromatic nitrogens is 1. The van der Waals surface area contributed by atoms with E-state index >= 15 is 0 Å². The van der Waals surface area contributed by atoms with Crippen molar-refractivity contribution in [3.05, 3.63) is 24.0 Å². The molecule has 0 aliphatic rings. The number of halogens is 6. The highest BCUT2D eigenvalue weighted by atomic mass is 32.2. The van der Waals surface area contributed by atoms with Crippen LogP contribution in [0.1, 0.15) is 5.56 Å². The van der Waals surface area contributed by atoms with Crippen molar-refractivity contribution in [2.45, 2.75) is 11.7 Å². The second-order valence-electron chi connectivity index (χ2n) is 2.85. The molecule has 0 radical (unpaired) electrons. The molecule has 0 spiro atoms. The first-order valence-electron chi connectivity index (χ1n) is 3.97. The van der Waals surface area contributed by atoms with Gasteiger partial charge in [0.15, 0.2) is 5.75 Å². The summed E-state index contributed by atoms with van der Waals surface area (Å²) in [5.74, 6) is -1.54. The Labute approximate surface area is 96.3 Å². The molecule has 0 aliphatic carbocycles.